The number of nitro benzene ring substituents is 4. The van der Waals surface area contributed by atoms with E-state index >= 15 is 0 Å². The molecule has 0 amide bonds. The summed E-state index contributed by atoms with van der Waals surface area (Å²) in [5.74, 6) is 0.120. The van der Waals surface area contributed by atoms with Crippen molar-refractivity contribution in [2.45, 2.75) is 238 Å². The molecule has 4 aromatic heterocycles. The fourth-order valence-corrected chi connectivity index (χ4v) is 11.0. The number of nitro groups is 4. The largest absolute Gasteiger partial charge is 0.399 e. The number of benzene rings is 6. The predicted molar refractivity (Wildman–Crippen MR) is 620 cm³/mol. The van der Waals surface area contributed by atoms with Crippen LogP contribution in [-0.4, -0.2) is 76.7 Å². The maximum Gasteiger partial charge on any atom is 0.269 e. The molecule has 0 saturated carbocycles. The zero-order valence-electron chi connectivity index (χ0n) is 67.6. The van der Waals surface area contributed by atoms with Crippen LogP contribution in [0.15, 0.2) is 191 Å². The van der Waals surface area contributed by atoms with Gasteiger partial charge in [-0.25, -0.2) is 19.3 Å². The van der Waals surface area contributed by atoms with Crippen LogP contribution in [-0.2, 0) is 46.6 Å². The van der Waals surface area contributed by atoms with E-state index in [0.29, 0.717) is 39.3 Å². The summed E-state index contributed by atoms with van der Waals surface area (Å²) in [7, 11) is 0. The van der Waals surface area contributed by atoms with E-state index in [1.54, 1.807) is 83.5 Å². The van der Waals surface area contributed by atoms with Crippen LogP contribution in [0.5, 0.6) is 0 Å². The number of nitrogen functional groups attached to an aromatic ring is 1. The summed E-state index contributed by atoms with van der Waals surface area (Å²) >= 11 is 30.9. The Kier molecular flexibility index (Phi) is 118. The van der Waals surface area contributed by atoms with Crippen LogP contribution in [0.1, 0.15) is 272 Å². The molecule has 0 bridgehead atoms. The van der Waals surface area contributed by atoms with E-state index in [9.17, 15) is 44.8 Å². The van der Waals surface area contributed by atoms with Crippen LogP contribution < -0.4 is 11.5 Å². The average molecular weight is 2760 g/mol. The number of anilines is 1. The molecule has 5 atom stereocenters. The van der Waals surface area contributed by atoms with Gasteiger partial charge >= 0.3 is 0 Å². The fraction of sp³-hybridized carbons (Fsp3) is 0.430. The predicted octanol–water partition coefficient (Wildman–Crippen LogP) is 35.8. The molecular formula is C93H145Br2FI6N12O10S4V2-2. The molecule has 2 radical (unpaired) electrons. The summed E-state index contributed by atoms with van der Waals surface area (Å²) in [6, 6.07) is 43.6. The molecule has 10 aromatic rings. The van der Waals surface area contributed by atoms with Crippen molar-refractivity contribution in [3.05, 3.63) is 290 Å². The van der Waals surface area contributed by atoms with E-state index < -0.39 is 25.5 Å². The maximum atomic E-state index is 12.1. The monoisotopic (exact) mass is 2760 g/mol. The molecule has 22 nitrogen and oxygen atoms in total. The van der Waals surface area contributed by atoms with Gasteiger partial charge in [-0.3, -0.25) is 49.4 Å². The van der Waals surface area contributed by atoms with Crippen LogP contribution in [0, 0.1) is 79.3 Å². The van der Waals surface area contributed by atoms with E-state index in [-0.39, 0.29) is 173 Å². The summed E-state index contributed by atoms with van der Waals surface area (Å²) < 4.78 is 27.0. The van der Waals surface area contributed by atoms with Gasteiger partial charge in [0.25, 0.3) is 22.7 Å². The Balaban J connectivity index is -0.0000000793. The van der Waals surface area contributed by atoms with Gasteiger partial charge in [0.1, 0.15) is 5.82 Å². The van der Waals surface area contributed by atoms with Crippen molar-refractivity contribution in [2.24, 2.45) is 5.73 Å². The van der Waals surface area contributed by atoms with Gasteiger partial charge in [0.2, 0.25) is 0 Å². The Morgan fingerprint density at radius 2 is 0.831 bits per heavy atom. The van der Waals surface area contributed by atoms with Gasteiger partial charge in [-0.15, -0.1) is 34.0 Å². The second kappa shape index (κ2) is 94.2. The minimum absolute atomic E-state index is 0. The molecule has 130 heavy (non-hydrogen) atoms. The van der Waals surface area contributed by atoms with E-state index in [0.717, 1.165) is 82.4 Å². The first-order valence-electron chi connectivity index (χ1n) is 35.1. The van der Waals surface area contributed by atoms with Crippen LogP contribution in [0.25, 0.3) is 10.9 Å². The number of rotatable bonds is 19. The topological polar surface area (TPSA) is 342 Å². The Labute approximate surface area is 922 Å². The minimum Gasteiger partial charge on any atom is -0.399 e. The smallest absolute Gasteiger partial charge is 0.269 e. The first kappa shape index (κ1) is 163. The number of thiazole rings is 3. The van der Waals surface area contributed by atoms with Crippen LogP contribution in [0.3, 0.4) is 0 Å². The van der Waals surface area contributed by atoms with Gasteiger partial charge in [-0.05, 0) is 112 Å². The first-order chi connectivity index (χ1) is 54.5. The zero-order valence-corrected chi connectivity index (χ0v) is 89.8. The number of thiocarbonyl (C=S) groups is 1. The number of non-ortho nitro benzene ring substituents is 4. The molecule has 0 fully saturated rings. The van der Waals surface area contributed by atoms with E-state index in [1.807, 2.05) is 114 Å². The third kappa shape index (κ3) is 77.3. The van der Waals surface area contributed by atoms with Crippen molar-refractivity contribution < 1.29 is 70.7 Å². The number of nitrogens with two attached hydrogens (primary N) is 2. The number of hydrogen-bond acceptors (Lipinski definition) is 21. The molecule has 0 aliphatic heterocycles. The maximum absolute atomic E-state index is 12.1. The van der Waals surface area contributed by atoms with Crippen molar-refractivity contribution in [3.63, 3.8) is 0 Å². The van der Waals surface area contributed by atoms with Crippen molar-refractivity contribution >= 4 is 258 Å². The van der Waals surface area contributed by atoms with E-state index in [4.69, 9.17) is 43.7 Å². The molecule has 0 saturated heterocycles. The van der Waals surface area contributed by atoms with Gasteiger partial charge in [0.15, 0.2) is 6.29 Å². The number of ether oxygens (including phenoxy) is 2. The molecule has 6 aromatic carbocycles. The molecule has 37 heteroatoms. The molecule has 0 aliphatic carbocycles. The number of halogens is 9. The third-order valence-corrected chi connectivity index (χ3v) is 23.5. The van der Waals surface area contributed by atoms with Crippen molar-refractivity contribution in [1.82, 2.24) is 19.9 Å². The van der Waals surface area contributed by atoms with Gasteiger partial charge < -0.3 is 50.0 Å². The zero-order chi connectivity index (χ0) is 88.7. The molecule has 4 heterocycles. The standard InChI is InChI=1S/C14H11BrN2S.C11H10N2O2S.C11H12N2S.C9H10N2O2S.C9H8N2O2.C6H13BrO2.C6H4FNO2.C3H5I3.C3H6I2.C3H6I.C3H5N.C3H7.12CH4.2V/c1-9(14-17-6-7-18-14)10-2-3-13-11(8-10)12(15)4-5-16-13;1-8(11-12-6-7-16-11)9-2-4-10(5-3-9)13(14)15;1-8(11-13-6-7-14-11)9-2-4-10(12)5-3-9;1-6(9(10)14)7-2-4-8(5-3-7)11(12)13;1-7(6-10)8-2-4-9(5-3-8)11(12)13;1-3-8-6(5-7)9-4-2;7-5-1-3-6(4-2-5)8(9)10;1-3(5,6)2-4;1-3(2,4)5;1-3(2)4;1-2-3-4;1-3-2;;;;;;;;;;;;;;/h2-9H,1H3;2-8H,1H3;2-8H,12H2,1H3;2-6H,1H3,(H2,10,14);2-5,7H,1H3;6H,3-5H2,1-2H3;1-4H;2H2,1H3;1-2H3;1-2H3;2H2,1H3;3H,1-2H3;12*1H4;;/q;;;;;;;;;-1;;-1;;;;;;;;;;;;;;. The number of pyridine rings is 1. The molecule has 5 unspecified atom stereocenters. The van der Waals surface area contributed by atoms with E-state index in [1.165, 1.54) is 55.9 Å². The second-order valence-electron chi connectivity index (χ2n) is 24.3. The van der Waals surface area contributed by atoms with Crippen molar-refractivity contribution in [2.75, 3.05) is 28.7 Å². The number of hydrogen-bond donors (Lipinski definition) is 2. The summed E-state index contributed by atoms with van der Waals surface area (Å²) in [4.78, 5) is 57.0. The number of nitriles is 2. The molecule has 4 N–H and O–H groups in total. The molecule has 736 valence electrons. The fourth-order valence-electron chi connectivity index (χ4n) is 7.92. The summed E-state index contributed by atoms with van der Waals surface area (Å²) in [6.07, 6.45) is 9.83. The van der Waals surface area contributed by atoms with Gasteiger partial charge in [-0.1, -0.05) is 335 Å². The number of aromatic nitrogens is 4. The quantitative estimate of drug-likeness (QED) is 0.0111. The first-order valence-corrected chi connectivity index (χ1v) is 47.0. The Morgan fingerprint density at radius 1 is 0.554 bits per heavy atom. The molecule has 10 rings (SSSR count). The molecule has 0 spiro atoms. The van der Waals surface area contributed by atoms with Crippen LogP contribution >= 0.6 is 214 Å². The summed E-state index contributed by atoms with van der Waals surface area (Å²) in [6.45, 7) is 31.8. The number of fused-ring (bicyclic) bond motifs is 1. The van der Waals surface area contributed by atoms with Gasteiger partial charge in [0, 0.05) is 190 Å². The third-order valence-electron chi connectivity index (χ3n) is 13.8. The van der Waals surface area contributed by atoms with Gasteiger partial charge in [0.05, 0.1) is 71.5 Å². The number of alkyl halides is 6. The summed E-state index contributed by atoms with van der Waals surface area (Å²) in [5.41, 5.74) is 18.3. The Bertz CT molecular complexity index is 4430. The average Bonchev–Trinajstić information content (AvgIpc) is 1.58. The second-order valence-corrected chi connectivity index (χ2v) is 46.2. The van der Waals surface area contributed by atoms with E-state index in [2.05, 4.69) is 272 Å². The summed E-state index contributed by atoms with van der Waals surface area (Å²) in [5, 5.41) is 68.5. The Morgan fingerprint density at radius 3 is 1.08 bits per heavy atom. The normalized spacial score (nSPS) is 10.2. The Hall–Kier alpha value is -3.75. The van der Waals surface area contributed by atoms with Crippen molar-refractivity contribution in [1.29, 1.82) is 10.5 Å². The van der Waals surface area contributed by atoms with Crippen molar-refractivity contribution in [3.8, 4) is 12.1 Å². The SMILES string of the molecule is C.C.C.C.C.C.C.C.C.C.C.C.CC(C#N)c1ccc([N+](=O)[O-])cc1.CC(C(N)=S)c1ccc([N+](=O)[O-])cc1.CC(C)(I)I.CC(I)(I)CI.CC(c1ccc(N)cc1)c1nccs1.CC(c1ccc([N+](=O)[O-])cc1)c1nccs1.CC(c1ccc2nccc(Br)c2c1)c1nccs1.CCC#N.CCOC(CBr)OCC.C[C-](C)I.C[CH-]C.O=[N+]([O-])c1ccc(F)cc1.[V].[V]. The number of nitrogens with zero attached hydrogens (tertiary/aromatic N) is 10. The van der Waals surface area contributed by atoms with Crippen LogP contribution in [0.2, 0.25) is 0 Å². The molecule has 0 aliphatic rings. The van der Waals surface area contributed by atoms with Crippen LogP contribution in [0.4, 0.5) is 32.8 Å². The molecular weight excluding hydrogens is 2620 g/mol. The minimum atomic E-state index is -0.570. The van der Waals surface area contributed by atoms with Gasteiger partial charge in [-0.2, -0.15) is 38.2 Å².